The highest BCUT2D eigenvalue weighted by molar-refractivity contribution is 5.88. The van der Waals surface area contributed by atoms with Crippen molar-refractivity contribution in [3.63, 3.8) is 0 Å². The monoisotopic (exact) mass is 366 g/mol. The van der Waals surface area contributed by atoms with Crippen molar-refractivity contribution in [2.45, 2.75) is 32.1 Å². The summed E-state index contributed by atoms with van der Waals surface area (Å²) < 4.78 is 5.82. The lowest BCUT2D eigenvalue weighted by atomic mass is 9.95. The molecule has 0 atom stereocenters. The van der Waals surface area contributed by atoms with E-state index in [1.54, 1.807) is 0 Å². The van der Waals surface area contributed by atoms with Crippen molar-refractivity contribution < 1.29 is 14.9 Å². The van der Waals surface area contributed by atoms with Crippen molar-refractivity contribution in [1.29, 1.82) is 0 Å². The quantitative estimate of drug-likeness (QED) is 0.480. The Balaban J connectivity index is 1.41. The summed E-state index contributed by atoms with van der Waals surface area (Å²) in [7, 11) is 0. The third-order valence-electron chi connectivity index (χ3n) is 5.25. The first-order valence-electron chi connectivity index (χ1n) is 9.68. The molecule has 5 nitrogen and oxygen atoms in total. The van der Waals surface area contributed by atoms with Crippen molar-refractivity contribution in [3.05, 3.63) is 53.2 Å². The van der Waals surface area contributed by atoms with Crippen LogP contribution in [0.15, 0.2) is 36.4 Å². The van der Waals surface area contributed by atoms with Gasteiger partial charge in [-0.05, 0) is 55.4 Å². The fourth-order valence-corrected chi connectivity index (χ4v) is 3.92. The number of fused-ring (bicyclic) bond motifs is 3. The molecule has 3 aromatic rings. The summed E-state index contributed by atoms with van der Waals surface area (Å²) in [6.07, 6.45) is 5.21. The molecule has 0 saturated heterocycles. The third kappa shape index (κ3) is 3.74. The van der Waals surface area contributed by atoms with Crippen LogP contribution < -0.4 is 10.1 Å². The van der Waals surface area contributed by atoms with Gasteiger partial charge in [0.25, 0.3) is 0 Å². The van der Waals surface area contributed by atoms with E-state index < -0.39 is 0 Å². The first-order chi connectivity index (χ1) is 13.3. The molecule has 0 fully saturated rings. The number of benzene rings is 2. The van der Waals surface area contributed by atoms with E-state index in [0.717, 1.165) is 35.0 Å². The maximum absolute atomic E-state index is 10.4. The van der Waals surface area contributed by atoms with Crippen molar-refractivity contribution in [2.24, 2.45) is 0 Å². The van der Waals surface area contributed by atoms with Gasteiger partial charge in [-0.25, -0.2) is 0 Å². The smallest absolute Gasteiger partial charge is 0.163 e. The van der Waals surface area contributed by atoms with Crippen molar-refractivity contribution in [3.8, 4) is 11.5 Å². The molecular formula is C22H26N2O3. The van der Waals surface area contributed by atoms with Crippen LogP contribution in [0, 0.1) is 0 Å². The number of phenolic OH excluding ortho intramolecular Hbond substituents is 1. The van der Waals surface area contributed by atoms with E-state index in [1.165, 1.54) is 24.1 Å². The first-order valence-corrected chi connectivity index (χ1v) is 9.68. The minimum atomic E-state index is 0.128. The predicted octanol–water partition coefficient (Wildman–Crippen LogP) is 3.78. The SMILES string of the molecule is OCCc1ccccc1NCCOc1cc2[nH]c3c(c2cc1O)CCCC3. The number of anilines is 1. The maximum Gasteiger partial charge on any atom is 0.163 e. The molecular weight excluding hydrogens is 340 g/mol. The Bertz CT molecular complexity index is 933. The molecule has 0 radical (unpaired) electrons. The highest BCUT2D eigenvalue weighted by atomic mass is 16.5. The van der Waals surface area contributed by atoms with Crippen molar-refractivity contribution >= 4 is 16.6 Å². The molecule has 0 bridgehead atoms. The number of H-pyrrole nitrogens is 1. The van der Waals surface area contributed by atoms with E-state index in [-0.39, 0.29) is 12.4 Å². The van der Waals surface area contributed by atoms with E-state index in [9.17, 15) is 5.11 Å². The van der Waals surface area contributed by atoms with Crippen LogP contribution in [0.3, 0.4) is 0 Å². The van der Waals surface area contributed by atoms with Crippen molar-refractivity contribution in [1.82, 2.24) is 4.98 Å². The third-order valence-corrected chi connectivity index (χ3v) is 5.25. The number of phenols is 1. The summed E-state index contributed by atoms with van der Waals surface area (Å²) in [6, 6.07) is 11.7. The fourth-order valence-electron chi connectivity index (χ4n) is 3.92. The van der Waals surface area contributed by atoms with Crippen LogP contribution in [0.1, 0.15) is 29.7 Å². The minimum Gasteiger partial charge on any atom is -0.504 e. The van der Waals surface area contributed by atoms with Crippen LogP contribution >= 0.6 is 0 Å². The average molecular weight is 366 g/mol. The maximum atomic E-state index is 10.4. The Hall–Kier alpha value is -2.66. The van der Waals surface area contributed by atoms with Gasteiger partial charge in [0, 0.05) is 41.5 Å². The van der Waals surface area contributed by atoms with Gasteiger partial charge in [-0.1, -0.05) is 18.2 Å². The van der Waals surface area contributed by atoms with Gasteiger partial charge >= 0.3 is 0 Å². The number of aliphatic hydroxyl groups is 1. The van der Waals surface area contributed by atoms with Crippen LogP contribution in [-0.4, -0.2) is 35.0 Å². The molecule has 1 aliphatic rings. The van der Waals surface area contributed by atoms with Crippen LogP contribution in [0.4, 0.5) is 5.69 Å². The van der Waals surface area contributed by atoms with E-state index >= 15 is 0 Å². The first kappa shape index (κ1) is 17.7. The minimum absolute atomic E-state index is 0.128. The van der Waals surface area contributed by atoms with E-state index in [0.29, 0.717) is 25.3 Å². The molecule has 142 valence electrons. The number of aromatic nitrogens is 1. The number of hydrogen-bond donors (Lipinski definition) is 4. The number of nitrogens with one attached hydrogen (secondary N) is 2. The topological polar surface area (TPSA) is 77.5 Å². The normalized spacial score (nSPS) is 13.5. The Morgan fingerprint density at radius 3 is 2.85 bits per heavy atom. The lowest BCUT2D eigenvalue weighted by Crippen LogP contribution is -2.13. The van der Waals surface area contributed by atoms with Gasteiger partial charge < -0.3 is 25.3 Å². The lowest BCUT2D eigenvalue weighted by molar-refractivity contribution is 0.299. The van der Waals surface area contributed by atoms with E-state index in [1.807, 2.05) is 36.4 Å². The zero-order chi connectivity index (χ0) is 18.6. The molecule has 4 N–H and O–H groups in total. The molecule has 1 aliphatic carbocycles. The molecule has 0 aliphatic heterocycles. The molecule has 0 spiro atoms. The van der Waals surface area contributed by atoms with Crippen LogP contribution in [0.5, 0.6) is 11.5 Å². The summed E-state index contributed by atoms with van der Waals surface area (Å²) in [5.41, 5.74) is 5.78. The van der Waals surface area contributed by atoms with Crippen LogP contribution in [-0.2, 0) is 19.3 Å². The molecule has 1 heterocycles. The molecule has 4 rings (SSSR count). The Kier molecular flexibility index (Phi) is 5.21. The zero-order valence-corrected chi connectivity index (χ0v) is 15.4. The number of ether oxygens (including phenoxy) is 1. The summed E-state index contributed by atoms with van der Waals surface area (Å²) >= 11 is 0. The van der Waals surface area contributed by atoms with Crippen molar-refractivity contribution in [2.75, 3.05) is 25.1 Å². The summed E-state index contributed by atoms with van der Waals surface area (Å²) in [5, 5.41) is 24.0. The second kappa shape index (κ2) is 7.92. The summed E-state index contributed by atoms with van der Waals surface area (Å²) in [6.45, 7) is 1.18. The fraction of sp³-hybridized carbons (Fsp3) is 0.364. The molecule has 0 saturated carbocycles. The average Bonchev–Trinajstić information content (AvgIpc) is 3.04. The Labute approximate surface area is 159 Å². The highest BCUT2D eigenvalue weighted by Gasteiger charge is 2.17. The number of para-hydroxylation sites is 1. The number of aromatic amines is 1. The molecule has 27 heavy (non-hydrogen) atoms. The highest BCUT2D eigenvalue weighted by Crippen LogP contribution is 2.36. The molecule has 5 heteroatoms. The van der Waals surface area contributed by atoms with Gasteiger partial charge in [-0.2, -0.15) is 0 Å². The number of aryl methyl sites for hydroxylation is 2. The van der Waals surface area contributed by atoms with Crippen LogP contribution in [0.2, 0.25) is 0 Å². The second-order valence-electron chi connectivity index (χ2n) is 7.06. The zero-order valence-electron chi connectivity index (χ0n) is 15.4. The van der Waals surface area contributed by atoms with E-state index in [2.05, 4.69) is 10.3 Å². The number of hydrogen-bond acceptors (Lipinski definition) is 4. The second-order valence-corrected chi connectivity index (χ2v) is 7.06. The van der Waals surface area contributed by atoms with Gasteiger partial charge in [-0.3, -0.25) is 0 Å². The molecule has 0 unspecified atom stereocenters. The Morgan fingerprint density at radius 2 is 1.96 bits per heavy atom. The summed E-state index contributed by atoms with van der Waals surface area (Å²) in [4.78, 5) is 3.49. The summed E-state index contributed by atoms with van der Waals surface area (Å²) in [5.74, 6) is 0.696. The van der Waals surface area contributed by atoms with Gasteiger partial charge in [0.2, 0.25) is 0 Å². The largest absolute Gasteiger partial charge is 0.504 e. The van der Waals surface area contributed by atoms with Gasteiger partial charge in [0.1, 0.15) is 6.61 Å². The molecule has 2 aromatic carbocycles. The number of aliphatic hydroxyl groups excluding tert-OH is 1. The van der Waals surface area contributed by atoms with Gasteiger partial charge in [-0.15, -0.1) is 0 Å². The molecule has 1 aromatic heterocycles. The van der Waals surface area contributed by atoms with Crippen LogP contribution in [0.25, 0.3) is 10.9 Å². The van der Waals surface area contributed by atoms with E-state index in [4.69, 9.17) is 9.84 Å². The molecule has 0 amide bonds. The van der Waals surface area contributed by atoms with Gasteiger partial charge in [0.05, 0.1) is 0 Å². The standard InChI is InChI=1S/C22H26N2O3/c25-11-9-15-5-1-3-7-18(15)23-10-12-27-22-14-20-17(13-21(22)26)16-6-2-4-8-19(16)24-20/h1,3,5,7,13-14,23-26H,2,4,6,8-12H2. The lowest BCUT2D eigenvalue weighted by Gasteiger charge is -2.13. The van der Waals surface area contributed by atoms with Gasteiger partial charge in [0.15, 0.2) is 11.5 Å². The Morgan fingerprint density at radius 1 is 1.11 bits per heavy atom. The number of aromatic hydroxyl groups is 1. The number of rotatable bonds is 7. The predicted molar refractivity (Wildman–Crippen MR) is 108 cm³/mol.